The Balaban J connectivity index is 0. The maximum absolute atomic E-state index is 8.09. The van der Waals surface area contributed by atoms with Crippen LogP contribution >= 0.6 is 0 Å². The van der Waals surface area contributed by atoms with Gasteiger partial charge in [0.05, 0.1) is 0 Å². The van der Waals surface area contributed by atoms with E-state index in [9.17, 15) is 0 Å². The highest BCUT2D eigenvalue weighted by Gasteiger charge is 1.77. The van der Waals surface area contributed by atoms with Gasteiger partial charge in [0.2, 0.25) is 0 Å². The van der Waals surface area contributed by atoms with E-state index < -0.39 is 0 Å². The summed E-state index contributed by atoms with van der Waals surface area (Å²) in [5.41, 5.74) is 0. The average molecular weight is 164 g/mol. The van der Waals surface area contributed by atoms with Crippen molar-refractivity contribution in [1.82, 2.24) is 0 Å². The molecule has 0 aliphatic rings. The molecule has 0 heterocycles. The molecule has 0 rings (SSSR count). The summed E-state index contributed by atoms with van der Waals surface area (Å²) in [6.07, 6.45) is 1.44. The van der Waals surface area contributed by atoms with Crippen molar-refractivity contribution in [2.45, 2.75) is 26.7 Å². The SMILES string of the molecule is CCOCC.OCCCCO. The molecule has 0 aliphatic carbocycles. The van der Waals surface area contributed by atoms with Gasteiger partial charge in [-0.3, -0.25) is 0 Å². The highest BCUT2D eigenvalue weighted by atomic mass is 16.5. The number of aliphatic hydroxyl groups is 2. The van der Waals surface area contributed by atoms with Crippen molar-refractivity contribution < 1.29 is 14.9 Å². The molecule has 0 aromatic heterocycles. The van der Waals surface area contributed by atoms with Crippen molar-refractivity contribution in [3.05, 3.63) is 0 Å². The van der Waals surface area contributed by atoms with Gasteiger partial charge in [0.25, 0.3) is 0 Å². The number of unbranched alkanes of at least 4 members (excludes halogenated alkanes) is 1. The van der Waals surface area contributed by atoms with Crippen molar-refractivity contribution in [3.8, 4) is 0 Å². The highest BCUT2D eigenvalue weighted by molar-refractivity contribution is 4.30. The average Bonchev–Trinajstić information content (AvgIpc) is 2.04. The van der Waals surface area contributed by atoms with Gasteiger partial charge in [0.1, 0.15) is 0 Å². The predicted molar refractivity (Wildman–Crippen MR) is 45.6 cm³/mol. The maximum Gasteiger partial charge on any atom is 0.0437 e. The first-order valence-corrected chi connectivity index (χ1v) is 4.12. The molecular formula is C8H20O3. The smallest absolute Gasteiger partial charge is 0.0437 e. The van der Waals surface area contributed by atoms with Gasteiger partial charge in [-0.25, -0.2) is 0 Å². The molecule has 0 saturated carbocycles. The van der Waals surface area contributed by atoms with Crippen molar-refractivity contribution in [2.24, 2.45) is 0 Å². The minimum atomic E-state index is 0.195. The van der Waals surface area contributed by atoms with Crippen molar-refractivity contribution in [2.75, 3.05) is 26.4 Å². The number of ether oxygens (including phenoxy) is 1. The summed E-state index contributed by atoms with van der Waals surface area (Å²) in [6.45, 7) is 6.06. The normalized spacial score (nSPS) is 8.73. The van der Waals surface area contributed by atoms with Crippen LogP contribution in [0.2, 0.25) is 0 Å². The molecule has 3 heteroatoms. The van der Waals surface area contributed by atoms with Gasteiger partial charge in [0, 0.05) is 26.4 Å². The minimum absolute atomic E-state index is 0.195. The first kappa shape index (κ1) is 13.5. The van der Waals surface area contributed by atoms with E-state index in [4.69, 9.17) is 14.9 Å². The van der Waals surface area contributed by atoms with Crippen LogP contribution in [0.25, 0.3) is 0 Å². The van der Waals surface area contributed by atoms with Crippen molar-refractivity contribution in [1.29, 1.82) is 0 Å². The third kappa shape index (κ3) is 25.8. The lowest BCUT2D eigenvalue weighted by Gasteiger charge is -1.86. The van der Waals surface area contributed by atoms with E-state index >= 15 is 0 Å². The largest absolute Gasteiger partial charge is 0.396 e. The van der Waals surface area contributed by atoms with E-state index in [1.165, 1.54) is 0 Å². The van der Waals surface area contributed by atoms with Gasteiger partial charge in [-0.15, -0.1) is 0 Å². The Morgan fingerprint density at radius 3 is 1.36 bits per heavy atom. The zero-order valence-corrected chi connectivity index (χ0v) is 7.55. The molecule has 0 unspecified atom stereocenters. The van der Waals surface area contributed by atoms with Gasteiger partial charge in [-0.1, -0.05) is 0 Å². The standard InChI is InChI=1S/C4H10O2.C4H10O/c5-3-1-2-4-6;1-3-5-4-2/h5-6H,1-4H2;3-4H2,1-2H3. The molecule has 0 atom stereocenters. The molecule has 0 radical (unpaired) electrons. The van der Waals surface area contributed by atoms with E-state index in [2.05, 4.69) is 0 Å². The summed E-state index contributed by atoms with van der Waals surface area (Å²) < 4.78 is 4.83. The summed E-state index contributed by atoms with van der Waals surface area (Å²) in [7, 11) is 0. The Labute approximate surface area is 69.0 Å². The fourth-order valence-corrected chi connectivity index (χ4v) is 0.428. The van der Waals surface area contributed by atoms with E-state index in [1.54, 1.807) is 0 Å². The summed E-state index contributed by atoms with van der Waals surface area (Å²) >= 11 is 0. The third-order valence-electron chi connectivity index (χ3n) is 0.974. The molecule has 0 aromatic carbocycles. The van der Waals surface area contributed by atoms with E-state index in [0.717, 1.165) is 26.1 Å². The van der Waals surface area contributed by atoms with Gasteiger partial charge in [0.15, 0.2) is 0 Å². The zero-order chi connectivity index (χ0) is 8.95. The summed E-state index contributed by atoms with van der Waals surface area (Å²) in [5.74, 6) is 0. The third-order valence-corrected chi connectivity index (χ3v) is 0.974. The minimum Gasteiger partial charge on any atom is -0.396 e. The second kappa shape index (κ2) is 16.5. The molecule has 3 nitrogen and oxygen atoms in total. The molecule has 0 aliphatic heterocycles. The quantitative estimate of drug-likeness (QED) is 0.591. The maximum atomic E-state index is 8.09. The van der Waals surface area contributed by atoms with E-state index in [-0.39, 0.29) is 13.2 Å². The summed E-state index contributed by atoms with van der Waals surface area (Å²) in [4.78, 5) is 0. The number of aliphatic hydroxyl groups excluding tert-OH is 2. The summed E-state index contributed by atoms with van der Waals surface area (Å²) in [5, 5.41) is 16.2. The fraction of sp³-hybridized carbons (Fsp3) is 1.00. The van der Waals surface area contributed by atoms with Gasteiger partial charge in [-0.05, 0) is 26.7 Å². The molecule has 0 amide bonds. The van der Waals surface area contributed by atoms with E-state index in [1.807, 2.05) is 13.8 Å². The van der Waals surface area contributed by atoms with Crippen LogP contribution in [0.5, 0.6) is 0 Å². The Kier molecular flexibility index (Phi) is 20.2. The van der Waals surface area contributed by atoms with Crippen LogP contribution in [-0.4, -0.2) is 36.6 Å². The molecule has 70 valence electrons. The van der Waals surface area contributed by atoms with Crippen LogP contribution in [0.3, 0.4) is 0 Å². The Morgan fingerprint density at radius 1 is 0.909 bits per heavy atom. The molecule has 0 bridgehead atoms. The number of rotatable bonds is 5. The second-order valence-electron chi connectivity index (χ2n) is 1.94. The Morgan fingerprint density at radius 2 is 1.27 bits per heavy atom. The topological polar surface area (TPSA) is 49.7 Å². The predicted octanol–water partition coefficient (Wildman–Crippen LogP) is 0.794. The highest BCUT2D eigenvalue weighted by Crippen LogP contribution is 1.80. The van der Waals surface area contributed by atoms with Crippen LogP contribution in [0.15, 0.2) is 0 Å². The first-order valence-electron chi connectivity index (χ1n) is 4.12. The Bertz CT molecular complexity index is 42.6. The Hall–Kier alpha value is -0.120. The van der Waals surface area contributed by atoms with Crippen molar-refractivity contribution >= 4 is 0 Å². The van der Waals surface area contributed by atoms with Gasteiger partial charge < -0.3 is 14.9 Å². The zero-order valence-electron chi connectivity index (χ0n) is 7.55. The van der Waals surface area contributed by atoms with Crippen LogP contribution in [0.1, 0.15) is 26.7 Å². The van der Waals surface area contributed by atoms with Crippen LogP contribution in [0.4, 0.5) is 0 Å². The molecule has 0 fully saturated rings. The number of hydrogen-bond donors (Lipinski definition) is 2. The second-order valence-corrected chi connectivity index (χ2v) is 1.94. The van der Waals surface area contributed by atoms with Crippen LogP contribution in [-0.2, 0) is 4.74 Å². The molecule has 0 aromatic rings. The van der Waals surface area contributed by atoms with Gasteiger partial charge >= 0.3 is 0 Å². The molecule has 0 spiro atoms. The first-order chi connectivity index (χ1) is 5.33. The molecule has 11 heavy (non-hydrogen) atoms. The fourth-order valence-electron chi connectivity index (χ4n) is 0.428. The van der Waals surface area contributed by atoms with Crippen LogP contribution in [0, 0.1) is 0 Å². The van der Waals surface area contributed by atoms with Crippen molar-refractivity contribution in [3.63, 3.8) is 0 Å². The monoisotopic (exact) mass is 164 g/mol. The molecule has 2 N–H and O–H groups in total. The van der Waals surface area contributed by atoms with E-state index in [0.29, 0.717) is 0 Å². The lowest BCUT2D eigenvalue weighted by Crippen LogP contribution is -1.85. The van der Waals surface area contributed by atoms with Gasteiger partial charge in [-0.2, -0.15) is 0 Å². The molecule has 0 saturated heterocycles. The number of hydrogen-bond acceptors (Lipinski definition) is 3. The lowest BCUT2D eigenvalue weighted by atomic mass is 10.3. The van der Waals surface area contributed by atoms with Crippen LogP contribution < -0.4 is 0 Å². The molecular weight excluding hydrogens is 144 g/mol. The summed E-state index contributed by atoms with van der Waals surface area (Å²) in [6, 6.07) is 0. The lowest BCUT2D eigenvalue weighted by molar-refractivity contribution is 0.162.